The first-order valence-electron chi connectivity index (χ1n) is 6.43. The molecule has 6 heteroatoms. The second-order valence-electron chi connectivity index (χ2n) is 4.29. The van der Waals surface area contributed by atoms with E-state index in [1.807, 2.05) is 13.8 Å². The highest BCUT2D eigenvalue weighted by Crippen LogP contribution is 2.26. The Morgan fingerprint density at radius 3 is 2.55 bits per heavy atom. The van der Waals surface area contributed by atoms with Crippen molar-refractivity contribution in [2.75, 3.05) is 6.61 Å². The van der Waals surface area contributed by atoms with Gasteiger partial charge in [-0.05, 0) is 25.0 Å². The quantitative estimate of drug-likeness (QED) is 0.811. The fourth-order valence-corrected chi connectivity index (χ4v) is 1.98. The molecule has 0 atom stereocenters. The summed E-state index contributed by atoms with van der Waals surface area (Å²) in [6, 6.07) is 4.61. The largest absolute Gasteiger partial charge is 0.483 e. The molecule has 0 bridgehead atoms. The molecule has 0 saturated heterocycles. The van der Waals surface area contributed by atoms with Crippen LogP contribution in [0.5, 0.6) is 5.75 Å². The lowest BCUT2D eigenvalue weighted by atomic mass is 10.2. The first-order chi connectivity index (χ1) is 9.49. The summed E-state index contributed by atoms with van der Waals surface area (Å²) < 4.78 is 5.25. The number of carboxylic acids is 1. The standard InChI is InChI=1S/C14H18ClNO4/c1-3-9(4-2)16-12(17)8-20-11-7-5-6-10(15)13(11)14(18)19/h5-7,9H,3-4,8H2,1-2H3,(H,16,17)(H,18,19). The number of rotatable bonds is 7. The molecular formula is C14H18ClNO4. The van der Waals surface area contributed by atoms with Crippen molar-refractivity contribution >= 4 is 23.5 Å². The Hall–Kier alpha value is -1.75. The smallest absolute Gasteiger partial charge is 0.341 e. The molecule has 0 aliphatic carbocycles. The summed E-state index contributed by atoms with van der Waals surface area (Å²) >= 11 is 5.81. The molecule has 0 fully saturated rings. The molecule has 0 radical (unpaired) electrons. The maximum Gasteiger partial charge on any atom is 0.341 e. The van der Waals surface area contributed by atoms with E-state index >= 15 is 0 Å². The van der Waals surface area contributed by atoms with Crippen molar-refractivity contribution in [3.05, 3.63) is 28.8 Å². The summed E-state index contributed by atoms with van der Waals surface area (Å²) in [5.41, 5.74) is -0.135. The fraction of sp³-hybridized carbons (Fsp3) is 0.429. The van der Waals surface area contributed by atoms with Gasteiger partial charge in [0.05, 0.1) is 5.02 Å². The van der Waals surface area contributed by atoms with Gasteiger partial charge in [0, 0.05) is 6.04 Å². The monoisotopic (exact) mass is 299 g/mol. The van der Waals surface area contributed by atoms with Crippen molar-refractivity contribution in [1.82, 2.24) is 5.32 Å². The normalized spacial score (nSPS) is 10.4. The van der Waals surface area contributed by atoms with Crippen molar-refractivity contribution in [3.63, 3.8) is 0 Å². The SMILES string of the molecule is CCC(CC)NC(=O)COc1cccc(Cl)c1C(=O)O. The van der Waals surface area contributed by atoms with Crippen molar-refractivity contribution in [2.45, 2.75) is 32.7 Å². The molecule has 1 aromatic rings. The van der Waals surface area contributed by atoms with Gasteiger partial charge >= 0.3 is 5.97 Å². The van der Waals surface area contributed by atoms with E-state index in [1.54, 1.807) is 6.07 Å². The van der Waals surface area contributed by atoms with E-state index in [-0.39, 0.29) is 34.9 Å². The van der Waals surface area contributed by atoms with Gasteiger partial charge in [-0.1, -0.05) is 31.5 Å². The number of ether oxygens (including phenoxy) is 1. The second kappa shape index (κ2) is 7.75. The van der Waals surface area contributed by atoms with Crippen LogP contribution in [-0.4, -0.2) is 29.6 Å². The summed E-state index contributed by atoms with van der Waals surface area (Å²) in [4.78, 5) is 22.8. The molecule has 0 aliphatic rings. The Kier molecular flexibility index (Phi) is 6.31. The Balaban J connectivity index is 2.69. The highest BCUT2D eigenvalue weighted by molar-refractivity contribution is 6.33. The number of carbonyl (C=O) groups excluding carboxylic acids is 1. The number of aromatic carboxylic acids is 1. The van der Waals surface area contributed by atoms with Gasteiger partial charge < -0.3 is 15.2 Å². The van der Waals surface area contributed by atoms with Crippen LogP contribution in [0.2, 0.25) is 5.02 Å². The summed E-state index contributed by atoms with van der Waals surface area (Å²) in [5.74, 6) is -1.38. The third kappa shape index (κ3) is 4.42. The maximum atomic E-state index is 11.7. The van der Waals surface area contributed by atoms with E-state index in [9.17, 15) is 9.59 Å². The van der Waals surface area contributed by atoms with Crippen LogP contribution in [0.25, 0.3) is 0 Å². The third-order valence-electron chi connectivity index (χ3n) is 2.90. The predicted molar refractivity (Wildman–Crippen MR) is 76.4 cm³/mol. The average Bonchev–Trinajstić information content (AvgIpc) is 2.42. The molecule has 0 spiro atoms. The zero-order valence-corrected chi connectivity index (χ0v) is 12.2. The third-order valence-corrected chi connectivity index (χ3v) is 3.21. The van der Waals surface area contributed by atoms with Crippen LogP contribution in [0.1, 0.15) is 37.0 Å². The summed E-state index contributed by atoms with van der Waals surface area (Å²) in [6.45, 7) is 3.72. The molecule has 20 heavy (non-hydrogen) atoms. The van der Waals surface area contributed by atoms with Gasteiger partial charge in [-0.3, -0.25) is 4.79 Å². The number of nitrogens with one attached hydrogen (secondary N) is 1. The van der Waals surface area contributed by atoms with Crippen LogP contribution >= 0.6 is 11.6 Å². The predicted octanol–water partition coefficient (Wildman–Crippen LogP) is 2.72. The highest BCUT2D eigenvalue weighted by Gasteiger charge is 2.17. The van der Waals surface area contributed by atoms with E-state index in [4.69, 9.17) is 21.4 Å². The Labute approximate surface area is 122 Å². The number of hydrogen-bond acceptors (Lipinski definition) is 3. The number of benzene rings is 1. The molecule has 0 aliphatic heterocycles. The minimum absolute atomic E-state index is 0.0791. The van der Waals surface area contributed by atoms with Crippen LogP contribution in [0.15, 0.2) is 18.2 Å². The molecule has 1 rings (SSSR count). The lowest BCUT2D eigenvalue weighted by Gasteiger charge is -2.15. The lowest BCUT2D eigenvalue weighted by molar-refractivity contribution is -0.123. The molecule has 1 aromatic carbocycles. The Morgan fingerprint density at radius 1 is 1.35 bits per heavy atom. The van der Waals surface area contributed by atoms with E-state index in [0.29, 0.717) is 0 Å². The zero-order chi connectivity index (χ0) is 15.1. The molecule has 2 N–H and O–H groups in total. The first kappa shape index (κ1) is 16.3. The Bertz CT molecular complexity index is 486. The lowest BCUT2D eigenvalue weighted by Crippen LogP contribution is -2.37. The van der Waals surface area contributed by atoms with E-state index in [2.05, 4.69) is 5.32 Å². The van der Waals surface area contributed by atoms with Gasteiger partial charge in [0.25, 0.3) is 5.91 Å². The van der Waals surface area contributed by atoms with Gasteiger partial charge in [-0.2, -0.15) is 0 Å². The van der Waals surface area contributed by atoms with Crippen molar-refractivity contribution in [3.8, 4) is 5.75 Å². The minimum atomic E-state index is -1.19. The fourth-order valence-electron chi connectivity index (χ4n) is 1.74. The molecular weight excluding hydrogens is 282 g/mol. The zero-order valence-electron chi connectivity index (χ0n) is 11.5. The first-order valence-corrected chi connectivity index (χ1v) is 6.81. The van der Waals surface area contributed by atoms with Crippen LogP contribution < -0.4 is 10.1 Å². The average molecular weight is 300 g/mol. The van der Waals surface area contributed by atoms with Crippen molar-refractivity contribution < 1.29 is 19.4 Å². The number of hydrogen-bond donors (Lipinski definition) is 2. The highest BCUT2D eigenvalue weighted by atomic mass is 35.5. The van der Waals surface area contributed by atoms with Crippen LogP contribution in [-0.2, 0) is 4.79 Å². The van der Waals surface area contributed by atoms with Gasteiger partial charge in [-0.25, -0.2) is 4.79 Å². The van der Waals surface area contributed by atoms with E-state index in [1.165, 1.54) is 12.1 Å². The maximum absolute atomic E-state index is 11.7. The van der Waals surface area contributed by atoms with Gasteiger partial charge in [0.1, 0.15) is 11.3 Å². The van der Waals surface area contributed by atoms with Gasteiger partial charge in [0.2, 0.25) is 0 Å². The molecule has 0 unspecified atom stereocenters. The molecule has 110 valence electrons. The van der Waals surface area contributed by atoms with Crippen LogP contribution in [0.3, 0.4) is 0 Å². The molecule has 0 aromatic heterocycles. The van der Waals surface area contributed by atoms with Crippen molar-refractivity contribution in [1.29, 1.82) is 0 Å². The summed E-state index contributed by atoms with van der Waals surface area (Å²) in [6.07, 6.45) is 1.67. The second-order valence-corrected chi connectivity index (χ2v) is 4.69. The van der Waals surface area contributed by atoms with Crippen LogP contribution in [0, 0.1) is 0 Å². The number of carbonyl (C=O) groups is 2. The molecule has 5 nitrogen and oxygen atoms in total. The van der Waals surface area contributed by atoms with E-state index in [0.717, 1.165) is 12.8 Å². The summed E-state index contributed by atoms with van der Waals surface area (Å²) in [7, 11) is 0. The van der Waals surface area contributed by atoms with Crippen LogP contribution in [0.4, 0.5) is 0 Å². The number of halogens is 1. The minimum Gasteiger partial charge on any atom is -0.483 e. The molecule has 0 saturated carbocycles. The topological polar surface area (TPSA) is 75.6 Å². The van der Waals surface area contributed by atoms with Gasteiger partial charge in [0.15, 0.2) is 6.61 Å². The number of amides is 1. The summed E-state index contributed by atoms with van der Waals surface area (Å²) in [5, 5.41) is 12.0. The molecule has 1 amide bonds. The van der Waals surface area contributed by atoms with E-state index < -0.39 is 5.97 Å². The van der Waals surface area contributed by atoms with Crippen molar-refractivity contribution in [2.24, 2.45) is 0 Å². The van der Waals surface area contributed by atoms with Gasteiger partial charge in [-0.15, -0.1) is 0 Å². The number of carboxylic acid groups (broad SMARTS) is 1. The molecule has 0 heterocycles. The Morgan fingerprint density at radius 2 is 2.00 bits per heavy atom.